The Morgan fingerprint density at radius 2 is 1.89 bits per heavy atom. The van der Waals surface area contributed by atoms with Crippen LogP contribution in [0, 0.1) is 0 Å². The van der Waals surface area contributed by atoms with Crippen molar-refractivity contribution in [2.75, 3.05) is 39.3 Å². The predicted molar refractivity (Wildman–Crippen MR) is 74.5 cm³/mol. The molecular formula is C14H24N4. The molecule has 0 aliphatic carbocycles. The molecule has 1 aromatic rings. The maximum Gasteiger partial charge on any atom is 0.0270 e. The predicted octanol–water partition coefficient (Wildman–Crippen LogP) is 0.589. The van der Waals surface area contributed by atoms with Gasteiger partial charge in [-0.15, -0.1) is 0 Å². The normalized spacial score (nSPS) is 19.9. The van der Waals surface area contributed by atoms with Crippen LogP contribution in [-0.4, -0.2) is 60.1 Å². The first-order chi connectivity index (χ1) is 8.79. The molecule has 1 unspecified atom stereocenters. The van der Waals surface area contributed by atoms with Crippen LogP contribution in [0.1, 0.15) is 12.5 Å². The molecule has 1 fully saturated rings. The number of nitrogens with zero attached hydrogens (tertiary/aromatic N) is 3. The fraction of sp³-hybridized carbons (Fsp3) is 0.643. The van der Waals surface area contributed by atoms with E-state index >= 15 is 0 Å². The van der Waals surface area contributed by atoms with Crippen LogP contribution in [0.4, 0.5) is 0 Å². The maximum atomic E-state index is 5.71. The molecular weight excluding hydrogens is 224 g/mol. The topological polar surface area (TPSA) is 45.4 Å². The Hall–Kier alpha value is -0.970. The van der Waals surface area contributed by atoms with Crippen LogP contribution in [0.3, 0.4) is 0 Å². The third-order valence-electron chi connectivity index (χ3n) is 3.84. The molecule has 4 nitrogen and oxygen atoms in total. The highest BCUT2D eigenvalue weighted by Gasteiger charge is 2.19. The molecule has 0 radical (unpaired) electrons. The third-order valence-corrected chi connectivity index (χ3v) is 3.84. The fourth-order valence-corrected chi connectivity index (χ4v) is 2.41. The zero-order valence-corrected chi connectivity index (χ0v) is 11.3. The molecule has 0 amide bonds. The SMILES string of the molecule is CC(CN)N1CCN(CCc2ccncc2)CC1. The van der Waals surface area contributed by atoms with E-state index in [0.29, 0.717) is 6.04 Å². The summed E-state index contributed by atoms with van der Waals surface area (Å²) in [7, 11) is 0. The Labute approximate surface area is 110 Å². The highest BCUT2D eigenvalue weighted by Crippen LogP contribution is 2.07. The Morgan fingerprint density at radius 3 is 2.50 bits per heavy atom. The van der Waals surface area contributed by atoms with Gasteiger partial charge in [0.25, 0.3) is 0 Å². The minimum absolute atomic E-state index is 0.521. The van der Waals surface area contributed by atoms with E-state index in [-0.39, 0.29) is 0 Å². The number of piperazine rings is 1. The summed E-state index contributed by atoms with van der Waals surface area (Å²) in [4.78, 5) is 9.08. The second kappa shape index (κ2) is 6.83. The van der Waals surface area contributed by atoms with Gasteiger partial charge in [0.2, 0.25) is 0 Å². The fourth-order valence-electron chi connectivity index (χ4n) is 2.41. The quantitative estimate of drug-likeness (QED) is 0.828. The average Bonchev–Trinajstić information content (AvgIpc) is 2.46. The Morgan fingerprint density at radius 1 is 1.22 bits per heavy atom. The zero-order chi connectivity index (χ0) is 12.8. The molecule has 100 valence electrons. The number of nitrogens with two attached hydrogens (primary N) is 1. The Balaban J connectivity index is 1.71. The Bertz CT molecular complexity index is 333. The lowest BCUT2D eigenvalue weighted by Gasteiger charge is -2.37. The van der Waals surface area contributed by atoms with Crippen molar-refractivity contribution < 1.29 is 0 Å². The summed E-state index contributed by atoms with van der Waals surface area (Å²) in [6.07, 6.45) is 4.86. The number of hydrogen-bond donors (Lipinski definition) is 1. The van der Waals surface area contributed by atoms with Crippen molar-refractivity contribution in [2.24, 2.45) is 5.73 Å². The lowest BCUT2D eigenvalue weighted by molar-refractivity contribution is 0.106. The number of pyridine rings is 1. The molecule has 0 saturated carbocycles. The molecule has 1 aromatic heterocycles. The van der Waals surface area contributed by atoms with E-state index in [1.165, 1.54) is 5.56 Å². The highest BCUT2D eigenvalue weighted by molar-refractivity contribution is 5.09. The van der Waals surface area contributed by atoms with Crippen LogP contribution < -0.4 is 5.73 Å². The van der Waals surface area contributed by atoms with Gasteiger partial charge in [-0.1, -0.05) is 0 Å². The lowest BCUT2D eigenvalue weighted by atomic mass is 10.1. The van der Waals surface area contributed by atoms with Crippen LogP contribution in [-0.2, 0) is 6.42 Å². The molecule has 2 heterocycles. The zero-order valence-electron chi connectivity index (χ0n) is 11.3. The van der Waals surface area contributed by atoms with Gasteiger partial charge in [-0.2, -0.15) is 0 Å². The van der Waals surface area contributed by atoms with Gasteiger partial charge in [-0.25, -0.2) is 0 Å². The number of hydrogen-bond acceptors (Lipinski definition) is 4. The highest BCUT2D eigenvalue weighted by atomic mass is 15.3. The van der Waals surface area contributed by atoms with Gasteiger partial charge in [-0.05, 0) is 31.0 Å². The second-order valence-electron chi connectivity index (χ2n) is 5.07. The van der Waals surface area contributed by atoms with Gasteiger partial charge in [0.1, 0.15) is 0 Å². The molecule has 4 heteroatoms. The number of aromatic nitrogens is 1. The molecule has 0 spiro atoms. The number of rotatable bonds is 5. The van der Waals surface area contributed by atoms with Gasteiger partial charge in [0.15, 0.2) is 0 Å². The van der Waals surface area contributed by atoms with Crippen LogP contribution in [0.5, 0.6) is 0 Å². The summed E-state index contributed by atoms with van der Waals surface area (Å²) in [6.45, 7) is 8.74. The van der Waals surface area contributed by atoms with Crippen molar-refractivity contribution in [1.29, 1.82) is 0 Å². The van der Waals surface area contributed by atoms with Crippen molar-refractivity contribution >= 4 is 0 Å². The molecule has 2 rings (SSSR count). The summed E-state index contributed by atoms with van der Waals surface area (Å²) in [5.41, 5.74) is 7.09. The molecule has 1 aliphatic rings. The molecule has 1 aliphatic heterocycles. The minimum Gasteiger partial charge on any atom is -0.329 e. The van der Waals surface area contributed by atoms with Gasteiger partial charge in [-0.3, -0.25) is 9.88 Å². The van der Waals surface area contributed by atoms with Crippen molar-refractivity contribution in [2.45, 2.75) is 19.4 Å². The van der Waals surface area contributed by atoms with Crippen LogP contribution in [0.25, 0.3) is 0 Å². The first-order valence-electron chi connectivity index (χ1n) is 6.85. The molecule has 1 atom stereocenters. The summed E-state index contributed by atoms with van der Waals surface area (Å²) in [5, 5.41) is 0. The van der Waals surface area contributed by atoms with Crippen LogP contribution >= 0.6 is 0 Å². The molecule has 0 aromatic carbocycles. The van der Waals surface area contributed by atoms with E-state index in [0.717, 1.165) is 45.7 Å². The van der Waals surface area contributed by atoms with Gasteiger partial charge >= 0.3 is 0 Å². The molecule has 18 heavy (non-hydrogen) atoms. The van der Waals surface area contributed by atoms with Crippen LogP contribution in [0.2, 0.25) is 0 Å². The molecule has 2 N–H and O–H groups in total. The second-order valence-corrected chi connectivity index (χ2v) is 5.07. The van der Waals surface area contributed by atoms with Gasteiger partial charge in [0.05, 0.1) is 0 Å². The average molecular weight is 248 g/mol. The first kappa shape index (κ1) is 13.5. The summed E-state index contributed by atoms with van der Waals surface area (Å²) in [6, 6.07) is 4.73. The molecule has 1 saturated heterocycles. The van der Waals surface area contributed by atoms with Gasteiger partial charge in [0, 0.05) is 57.7 Å². The van der Waals surface area contributed by atoms with Crippen molar-refractivity contribution in [1.82, 2.24) is 14.8 Å². The van der Waals surface area contributed by atoms with Crippen molar-refractivity contribution in [3.8, 4) is 0 Å². The standard InChI is InChI=1S/C14H24N4/c1-13(12-15)18-10-8-17(9-11-18)7-4-14-2-5-16-6-3-14/h2-3,5-6,13H,4,7-12,15H2,1H3. The van der Waals surface area contributed by atoms with Crippen molar-refractivity contribution in [3.05, 3.63) is 30.1 Å². The van der Waals surface area contributed by atoms with E-state index in [4.69, 9.17) is 5.73 Å². The smallest absolute Gasteiger partial charge is 0.0270 e. The van der Waals surface area contributed by atoms with E-state index in [1.54, 1.807) is 0 Å². The monoisotopic (exact) mass is 248 g/mol. The van der Waals surface area contributed by atoms with E-state index in [9.17, 15) is 0 Å². The van der Waals surface area contributed by atoms with Crippen LogP contribution in [0.15, 0.2) is 24.5 Å². The van der Waals surface area contributed by atoms with Gasteiger partial charge < -0.3 is 10.6 Å². The molecule has 0 bridgehead atoms. The third kappa shape index (κ3) is 3.77. The van der Waals surface area contributed by atoms with E-state index in [2.05, 4.69) is 33.8 Å². The summed E-state index contributed by atoms with van der Waals surface area (Å²) < 4.78 is 0. The first-order valence-corrected chi connectivity index (χ1v) is 6.85. The largest absolute Gasteiger partial charge is 0.329 e. The lowest BCUT2D eigenvalue weighted by Crippen LogP contribution is -2.51. The van der Waals surface area contributed by atoms with Crippen molar-refractivity contribution in [3.63, 3.8) is 0 Å². The summed E-state index contributed by atoms with van der Waals surface area (Å²) in [5.74, 6) is 0. The minimum atomic E-state index is 0.521. The van der Waals surface area contributed by atoms with E-state index < -0.39 is 0 Å². The maximum absolute atomic E-state index is 5.71. The van der Waals surface area contributed by atoms with E-state index in [1.807, 2.05) is 12.4 Å². The summed E-state index contributed by atoms with van der Waals surface area (Å²) >= 11 is 0. The Kier molecular flexibility index (Phi) is 5.11.